The van der Waals surface area contributed by atoms with Gasteiger partial charge in [0.05, 0.1) is 64.8 Å². The molecule has 0 spiro atoms. The molecule has 65 heavy (non-hydrogen) atoms. The van der Waals surface area contributed by atoms with Crippen molar-refractivity contribution in [3.05, 3.63) is 0 Å². The predicted octanol–water partition coefficient (Wildman–Crippen LogP) is 1.58. The third-order valence-electron chi connectivity index (χ3n) is 8.50. The first-order valence-electron chi connectivity index (χ1n) is 20.0. The summed E-state index contributed by atoms with van der Waals surface area (Å²) in [6.45, 7) is 12.1. The summed E-state index contributed by atoms with van der Waals surface area (Å²) in [7, 11) is 0. The molecule has 0 aromatic carbocycles. The van der Waals surface area contributed by atoms with Crippen LogP contribution in [0.15, 0.2) is 0 Å². The fourth-order valence-electron chi connectivity index (χ4n) is 5.29. The molecule has 0 aromatic rings. The molecule has 0 aromatic heterocycles. The van der Waals surface area contributed by atoms with Crippen LogP contribution in [0.4, 0.5) is 0 Å². The van der Waals surface area contributed by atoms with E-state index in [4.69, 9.17) is 60.2 Å². The minimum absolute atomic E-state index is 0.0369. The van der Waals surface area contributed by atoms with E-state index in [9.17, 15) is 52.7 Å². The first-order chi connectivity index (χ1) is 29.6. The summed E-state index contributed by atoms with van der Waals surface area (Å²) in [5.74, 6) is -13.5. The van der Waals surface area contributed by atoms with Crippen molar-refractivity contribution in [2.45, 2.75) is 118 Å². The van der Waals surface area contributed by atoms with Gasteiger partial charge in [-0.25, -0.2) is 9.59 Å². The first-order valence-corrected chi connectivity index (χ1v) is 20.0. The summed E-state index contributed by atoms with van der Waals surface area (Å²) in [6, 6.07) is -2.67. The van der Waals surface area contributed by atoms with Gasteiger partial charge in [-0.05, 0) is 24.2 Å². The average molecular weight is 943 g/mol. The van der Waals surface area contributed by atoms with Gasteiger partial charge in [0.1, 0.15) is 12.1 Å². The smallest absolute Gasteiger partial charge is 0.326 e. The molecule has 0 rings (SSSR count). The maximum atomic E-state index is 11.8. The van der Waals surface area contributed by atoms with Crippen molar-refractivity contribution >= 4 is 65.5 Å². The van der Waals surface area contributed by atoms with Crippen molar-refractivity contribution in [1.29, 1.82) is 0 Å². The zero-order valence-corrected chi connectivity index (χ0v) is 37.7. The fourth-order valence-corrected chi connectivity index (χ4v) is 5.29. The van der Waals surface area contributed by atoms with Crippen LogP contribution in [-0.4, -0.2) is 163 Å². The van der Waals surface area contributed by atoms with Crippen LogP contribution < -0.4 is 10.6 Å². The molecule has 0 aliphatic rings. The number of carbonyl (C=O) groups excluding carboxylic acids is 2. The zero-order valence-electron chi connectivity index (χ0n) is 37.7. The third-order valence-corrected chi connectivity index (χ3v) is 8.50. The number of nitrogens with one attached hydrogen (secondary N) is 2. The topological polar surface area (TPSA) is 422 Å². The molecule has 0 radical (unpaired) electrons. The minimum atomic E-state index is -1.38. The Morgan fingerprint density at radius 3 is 1.06 bits per heavy atom. The minimum Gasteiger partial charge on any atom is -0.481 e. The number of aliphatic carboxylic acids is 9. The third kappa shape index (κ3) is 35.1. The van der Waals surface area contributed by atoms with E-state index >= 15 is 0 Å². The molecule has 0 aliphatic heterocycles. The summed E-state index contributed by atoms with van der Waals surface area (Å²) in [5, 5.41) is 83.3. The largest absolute Gasteiger partial charge is 0.481 e. The van der Waals surface area contributed by atoms with Crippen LogP contribution in [0.1, 0.15) is 106 Å². The molecule has 0 saturated heterocycles. The van der Waals surface area contributed by atoms with E-state index in [0.717, 1.165) is 0 Å². The normalized spacial score (nSPS) is 12.7. The van der Waals surface area contributed by atoms with Crippen molar-refractivity contribution in [1.82, 2.24) is 10.6 Å². The van der Waals surface area contributed by atoms with Gasteiger partial charge in [-0.15, -0.1) is 0 Å². The molecule has 2 amide bonds. The van der Waals surface area contributed by atoms with Crippen molar-refractivity contribution in [3.8, 4) is 0 Å². The number of rotatable bonds is 31. The maximum absolute atomic E-state index is 11.8. The molecule has 11 N–H and O–H groups in total. The summed E-state index contributed by atoms with van der Waals surface area (Å²) >= 11 is 0. The van der Waals surface area contributed by atoms with E-state index in [1.165, 1.54) is 0 Å². The van der Waals surface area contributed by atoms with E-state index in [1.54, 1.807) is 48.5 Å². The van der Waals surface area contributed by atoms with Crippen LogP contribution in [0.2, 0.25) is 0 Å². The molecule has 25 nitrogen and oxygen atoms in total. The SMILES string of the molecule is CC(C)(C)C(=O)NC(CCC(=O)NC(CCC(=O)O)C(=O)O)C(=O)O.CC(C)(C)C(C(=O)O)C(CC(=O)O)CC(=O)O.CC(COCCC(=O)O)(COCCC(=O)O)COCCC(=O)O. The van der Waals surface area contributed by atoms with Crippen LogP contribution >= 0.6 is 0 Å². The Morgan fingerprint density at radius 2 is 0.785 bits per heavy atom. The number of hydrogen-bond acceptors (Lipinski definition) is 14. The average Bonchev–Trinajstić information content (AvgIpc) is 3.12. The molecule has 0 heterocycles. The number of ether oxygens (including phenoxy) is 3. The highest BCUT2D eigenvalue weighted by Crippen LogP contribution is 2.36. The Morgan fingerprint density at radius 1 is 0.446 bits per heavy atom. The summed E-state index contributed by atoms with van der Waals surface area (Å²) in [6.07, 6.45) is -2.59. The van der Waals surface area contributed by atoms with Gasteiger partial charge in [0.2, 0.25) is 11.8 Å². The molecule has 3 atom stereocenters. The standard InChI is InChI=1S/C15H24N2O8.C14H24O9.C11H18O6/c1-15(2,3)14(25)17-9(13(23)24)4-6-10(18)16-8(12(21)22)5-7-11(19)20;1-14(8-21-5-2-11(15)16,9-22-6-3-12(17)18)10-23-7-4-13(19)20;1-11(2,3)9(10(16)17)6(4-7(12)13)5-8(14)15/h8-9H,4-7H2,1-3H3,(H,16,18)(H,17,25)(H,19,20)(H,21,22)(H,23,24);2-10H2,1H3,(H,15,16)(H,17,18)(H,19,20);6,9H,4-5H2,1-3H3,(H,12,13)(H,14,15)(H,16,17). The Kier molecular flexibility index (Phi) is 31.0. The number of carboxylic acid groups (broad SMARTS) is 9. The van der Waals surface area contributed by atoms with Crippen LogP contribution in [0.5, 0.6) is 0 Å². The zero-order chi connectivity index (χ0) is 51.3. The van der Waals surface area contributed by atoms with Gasteiger partial charge in [-0.1, -0.05) is 48.5 Å². The lowest BCUT2D eigenvalue weighted by Crippen LogP contribution is -2.47. The monoisotopic (exact) mass is 942 g/mol. The second-order valence-electron chi connectivity index (χ2n) is 17.1. The van der Waals surface area contributed by atoms with E-state index < -0.39 is 125 Å². The summed E-state index contributed by atoms with van der Waals surface area (Å²) < 4.78 is 15.9. The number of carboxylic acids is 9. The van der Waals surface area contributed by atoms with Gasteiger partial charge < -0.3 is 70.8 Å². The molecule has 3 unspecified atom stereocenters. The predicted molar refractivity (Wildman–Crippen MR) is 221 cm³/mol. The molecular weight excluding hydrogens is 876 g/mol. The van der Waals surface area contributed by atoms with E-state index in [-0.39, 0.29) is 78.2 Å². The molecule has 374 valence electrons. The highest BCUT2D eigenvalue weighted by Gasteiger charge is 2.40. The maximum Gasteiger partial charge on any atom is 0.326 e. The lowest BCUT2D eigenvalue weighted by molar-refractivity contribution is -0.152. The van der Waals surface area contributed by atoms with Crippen molar-refractivity contribution in [2.75, 3.05) is 39.6 Å². The molecule has 0 bridgehead atoms. The van der Waals surface area contributed by atoms with Gasteiger partial charge in [-0.2, -0.15) is 0 Å². The Labute approximate surface area is 374 Å². The van der Waals surface area contributed by atoms with E-state index in [2.05, 4.69) is 10.6 Å². The molecule has 0 aliphatic carbocycles. The molecule has 25 heteroatoms. The van der Waals surface area contributed by atoms with Crippen LogP contribution in [0.3, 0.4) is 0 Å². The first kappa shape index (κ1) is 63.3. The van der Waals surface area contributed by atoms with Crippen LogP contribution in [0, 0.1) is 28.1 Å². The second-order valence-corrected chi connectivity index (χ2v) is 17.1. The van der Waals surface area contributed by atoms with Crippen molar-refractivity contribution < 1.29 is 113 Å². The highest BCUT2D eigenvalue weighted by molar-refractivity contribution is 5.88. The molecule has 0 fully saturated rings. The number of amides is 2. The summed E-state index contributed by atoms with van der Waals surface area (Å²) in [5.41, 5.74) is -2.13. The lowest BCUT2D eigenvalue weighted by atomic mass is 9.71. The number of carbonyl (C=O) groups is 11. The van der Waals surface area contributed by atoms with E-state index in [0.29, 0.717) is 0 Å². The summed E-state index contributed by atoms with van der Waals surface area (Å²) in [4.78, 5) is 120. The number of hydrogen-bond donors (Lipinski definition) is 11. The molecule has 0 saturated carbocycles. The highest BCUT2D eigenvalue weighted by atomic mass is 16.5. The second kappa shape index (κ2) is 31.8. The van der Waals surface area contributed by atoms with Crippen molar-refractivity contribution in [3.63, 3.8) is 0 Å². The Hall–Kier alpha value is -5.95. The van der Waals surface area contributed by atoms with Crippen molar-refractivity contribution in [2.24, 2.45) is 28.1 Å². The molecular formula is C40H66N2O23. The fraction of sp³-hybridized carbons (Fsp3) is 0.725. The Balaban J connectivity index is -0.000000903. The van der Waals surface area contributed by atoms with Gasteiger partial charge in [0.15, 0.2) is 0 Å². The van der Waals surface area contributed by atoms with Gasteiger partial charge in [-0.3, -0.25) is 43.2 Å². The van der Waals surface area contributed by atoms with Gasteiger partial charge in [0.25, 0.3) is 0 Å². The van der Waals surface area contributed by atoms with Crippen LogP contribution in [-0.2, 0) is 67.0 Å². The van der Waals surface area contributed by atoms with Crippen LogP contribution in [0.25, 0.3) is 0 Å². The quantitative estimate of drug-likeness (QED) is 0.0439. The van der Waals surface area contributed by atoms with E-state index in [1.807, 2.05) is 0 Å². The van der Waals surface area contributed by atoms with Gasteiger partial charge in [0, 0.05) is 36.5 Å². The van der Waals surface area contributed by atoms with Gasteiger partial charge >= 0.3 is 53.7 Å². The lowest BCUT2D eigenvalue weighted by Gasteiger charge is -2.32. The Bertz CT molecular complexity index is 1530.